The largest absolute Gasteiger partial charge is 0.496 e. The lowest BCUT2D eigenvalue weighted by Crippen LogP contribution is -2.37. The Morgan fingerprint density at radius 1 is 1.32 bits per heavy atom. The van der Waals surface area contributed by atoms with Crippen LogP contribution in [-0.4, -0.2) is 13.0 Å². The van der Waals surface area contributed by atoms with Crippen molar-refractivity contribution in [2.45, 2.75) is 13.5 Å². The molecule has 100 valence electrons. The van der Waals surface area contributed by atoms with Crippen molar-refractivity contribution in [3.8, 4) is 5.75 Å². The molecule has 1 aromatic carbocycles. The molecule has 19 heavy (non-hydrogen) atoms. The minimum atomic E-state index is -0.221. The molecule has 0 spiro atoms. The van der Waals surface area contributed by atoms with Gasteiger partial charge in [-0.25, -0.2) is 5.43 Å². The zero-order chi connectivity index (χ0) is 13.7. The van der Waals surface area contributed by atoms with Crippen molar-refractivity contribution >= 4 is 5.91 Å². The molecular weight excluding hydrogens is 244 g/mol. The van der Waals surface area contributed by atoms with Gasteiger partial charge in [0, 0.05) is 12.1 Å². The van der Waals surface area contributed by atoms with Crippen LogP contribution in [0.4, 0.5) is 0 Å². The maximum atomic E-state index is 11.8. The van der Waals surface area contributed by atoms with E-state index in [9.17, 15) is 4.79 Å². The van der Waals surface area contributed by atoms with Gasteiger partial charge in [0.15, 0.2) is 0 Å². The van der Waals surface area contributed by atoms with Gasteiger partial charge in [-0.3, -0.25) is 10.2 Å². The van der Waals surface area contributed by atoms with Gasteiger partial charge in [0.05, 0.1) is 18.9 Å². The number of benzene rings is 1. The first-order valence-electron chi connectivity index (χ1n) is 5.91. The fourth-order valence-electron chi connectivity index (χ4n) is 1.76. The summed E-state index contributed by atoms with van der Waals surface area (Å²) < 4.78 is 10.3. The molecule has 0 radical (unpaired) electrons. The third kappa shape index (κ3) is 3.14. The van der Waals surface area contributed by atoms with Crippen LogP contribution in [0.15, 0.2) is 41.0 Å². The van der Waals surface area contributed by atoms with Crippen LogP contribution in [0.5, 0.6) is 5.75 Å². The highest BCUT2D eigenvalue weighted by atomic mass is 16.5. The smallest absolute Gasteiger partial charge is 0.268 e. The molecule has 0 bridgehead atoms. The number of methoxy groups -OCH3 is 1. The number of aryl methyl sites for hydroxylation is 1. The molecule has 0 unspecified atom stereocenters. The number of carbonyl (C=O) groups is 1. The lowest BCUT2D eigenvalue weighted by Gasteiger charge is -2.10. The van der Waals surface area contributed by atoms with Crippen molar-refractivity contribution in [3.05, 3.63) is 53.5 Å². The molecule has 2 aromatic rings. The molecule has 2 N–H and O–H groups in total. The second-order valence-corrected chi connectivity index (χ2v) is 4.01. The summed E-state index contributed by atoms with van der Waals surface area (Å²) >= 11 is 0. The quantitative estimate of drug-likeness (QED) is 0.807. The molecule has 0 saturated heterocycles. The Morgan fingerprint density at radius 3 is 2.79 bits per heavy atom. The Bertz CT molecular complexity index is 563. The SMILES string of the molecule is COc1ccccc1CNNC(=O)c1ccoc1C. The van der Waals surface area contributed by atoms with Crippen LogP contribution >= 0.6 is 0 Å². The van der Waals surface area contributed by atoms with Crippen molar-refractivity contribution in [1.82, 2.24) is 10.9 Å². The standard InChI is InChI=1S/C14H16N2O3/c1-10-12(7-8-19-10)14(17)16-15-9-11-5-3-4-6-13(11)18-2/h3-8,15H,9H2,1-2H3,(H,16,17). The molecule has 1 heterocycles. The molecule has 5 heteroatoms. The van der Waals surface area contributed by atoms with Gasteiger partial charge in [-0.2, -0.15) is 0 Å². The molecule has 1 aromatic heterocycles. The predicted octanol–water partition coefficient (Wildman–Crippen LogP) is 2.03. The van der Waals surface area contributed by atoms with E-state index in [-0.39, 0.29) is 5.91 Å². The lowest BCUT2D eigenvalue weighted by atomic mass is 10.2. The summed E-state index contributed by atoms with van der Waals surface area (Å²) in [5, 5.41) is 0. The van der Waals surface area contributed by atoms with E-state index in [1.165, 1.54) is 6.26 Å². The molecule has 0 aliphatic carbocycles. The Labute approximate surface area is 111 Å². The van der Waals surface area contributed by atoms with Gasteiger partial charge < -0.3 is 9.15 Å². The average molecular weight is 260 g/mol. The summed E-state index contributed by atoms with van der Waals surface area (Å²) in [5.41, 5.74) is 6.98. The fraction of sp³-hybridized carbons (Fsp3) is 0.214. The number of ether oxygens (including phenoxy) is 1. The van der Waals surface area contributed by atoms with Crippen molar-refractivity contribution in [2.24, 2.45) is 0 Å². The number of hydrazine groups is 1. The number of para-hydroxylation sites is 1. The zero-order valence-corrected chi connectivity index (χ0v) is 10.9. The van der Waals surface area contributed by atoms with Crippen LogP contribution in [0.1, 0.15) is 21.7 Å². The average Bonchev–Trinajstić information content (AvgIpc) is 2.85. The van der Waals surface area contributed by atoms with E-state index in [0.29, 0.717) is 17.9 Å². The van der Waals surface area contributed by atoms with Crippen LogP contribution < -0.4 is 15.6 Å². The van der Waals surface area contributed by atoms with E-state index in [1.807, 2.05) is 24.3 Å². The summed E-state index contributed by atoms with van der Waals surface area (Å²) in [7, 11) is 1.62. The topological polar surface area (TPSA) is 63.5 Å². The molecule has 0 fully saturated rings. The lowest BCUT2D eigenvalue weighted by molar-refractivity contribution is 0.0930. The minimum Gasteiger partial charge on any atom is -0.496 e. The summed E-state index contributed by atoms with van der Waals surface area (Å²) in [6.07, 6.45) is 1.49. The van der Waals surface area contributed by atoms with Crippen molar-refractivity contribution < 1.29 is 13.9 Å². The van der Waals surface area contributed by atoms with Crippen LogP contribution in [-0.2, 0) is 6.54 Å². The molecule has 0 aliphatic heterocycles. The highest BCUT2D eigenvalue weighted by Gasteiger charge is 2.10. The van der Waals surface area contributed by atoms with E-state index in [2.05, 4.69) is 10.9 Å². The normalized spacial score (nSPS) is 10.2. The highest BCUT2D eigenvalue weighted by molar-refractivity contribution is 5.94. The number of carbonyl (C=O) groups excluding carboxylic acids is 1. The molecule has 2 rings (SSSR count). The second kappa shape index (κ2) is 6.06. The molecule has 0 aliphatic rings. The van der Waals surface area contributed by atoms with E-state index in [4.69, 9.17) is 9.15 Å². The number of hydrogen-bond donors (Lipinski definition) is 2. The van der Waals surface area contributed by atoms with Gasteiger partial charge in [-0.15, -0.1) is 0 Å². The van der Waals surface area contributed by atoms with E-state index >= 15 is 0 Å². The third-order valence-corrected chi connectivity index (χ3v) is 2.78. The second-order valence-electron chi connectivity index (χ2n) is 4.01. The predicted molar refractivity (Wildman–Crippen MR) is 70.7 cm³/mol. The molecule has 5 nitrogen and oxygen atoms in total. The Morgan fingerprint density at radius 2 is 2.11 bits per heavy atom. The monoisotopic (exact) mass is 260 g/mol. The van der Waals surface area contributed by atoms with Crippen LogP contribution in [0.25, 0.3) is 0 Å². The van der Waals surface area contributed by atoms with E-state index < -0.39 is 0 Å². The maximum Gasteiger partial charge on any atom is 0.268 e. The molecular formula is C14H16N2O3. The van der Waals surface area contributed by atoms with Crippen LogP contribution in [0, 0.1) is 6.92 Å². The van der Waals surface area contributed by atoms with Gasteiger partial charge in [0.1, 0.15) is 11.5 Å². The number of hydrogen-bond acceptors (Lipinski definition) is 4. The van der Waals surface area contributed by atoms with E-state index in [0.717, 1.165) is 11.3 Å². The Hall–Kier alpha value is -2.27. The summed E-state index contributed by atoms with van der Waals surface area (Å²) in [6.45, 7) is 2.22. The third-order valence-electron chi connectivity index (χ3n) is 2.78. The number of nitrogens with one attached hydrogen (secondary N) is 2. The number of rotatable bonds is 5. The van der Waals surface area contributed by atoms with Crippen LogP contribution in [0.2, 0.25) is 0 Å². The van der Waals surface area contributed by atoms with Crippen molar-refractivity contribution in [3.63, 3.8) is 0 Å². The maximum absolute atomic E-state index is 11.8. The summed E-state index contributed by atoms with van der Waals surface area (Å²) in [5.74, 6) is 1.15. The highest BCUT2D eigenvalue weighted by Crippen LogP contribution is 2.16. The summed E-state index contributed by atoms with van der Waals surface area (Å²) in [6, 6.07) is 9.26. The first kappa shape index (κ1) is 13.2. The van der Waals surface area contributed by atoms with Gasteiger partial charge in [0.25, 0.3) is 5.91 Å². The van der Waals surface area contributed by atoms with E-state index in [1.54, 1.807) is 20.1 Å². The molecule has 0 atom stereocenters. The van der Waals surface area contributed by atoms with Gasteiger partial charge in [-0.05, 0) is 19.1 Å². The van der Waals surface area contributed by atoms with Crippen molar-refractivity contribution in [2.75, 3.05) is 7.11 Å². The fourth-order valence-corrected chi connectivity index (χ4v) is 1.76. The molecule has 0 saturated carbocycles. The van der Waals surface area contributed by atoms with Gasteiger partial charge in [-0.1, -0.05) is 18.2 Å². The first-order valence-corrected chi connectivity index (χ1v) is 5.91. The van der Waals surface area contributed by atoms with Gasteiger partial charge >= 0.3 is 0 Å². The zero-order valence-electron chi connectivity index (χ0n) is 10.9. The van der Waals surface area contributed by atoms with Crippen molar-refractivity contribution in [1.29, 1.82) is 0 Å². The number of furan rings is 1. The van der Waals surface area contributed by atoms with Gasteiger partial charge in [0.2, 0.25) is 0 Å². The summed E-state index contributed by atoms with van der Waals surface area (Å²) in [4.78, 5) is 11.8. The Balaban J connectivity index is 1.90. The minimum absolute atomic E-state index is 0.221. The Kier molecular flexibility index (Phi) is 4.20. The number of amides is 1. The first-order chi connectivity index (χ1) is 9.22. The van der Waals surface area contributed by atoms with Crippen LogP contribution in [0.3, 0.4) is 0 Å². The molecule has 1 amide bonds.